The van der Waals surface area contributed by atoms with E-state index in [1.165, 1.54) is 6.07 Å². The molecule has 0 bridgehead atoms. The lowest BCUT2D eigenvalue weighted by Crippen LogP contribution is -2.15. The maximum absolute atomic E-state index is 10.9. The zero-order chi connectivity index (χ0) is 11.5. The van der Waals surface area contributed by atoms with Crippen molar-refractivity contribution in [1.82, 2.24) is 0 Å². The van der Waals surface area contributed by atoms with Gasteiger partial charge in [0.15, 0.2) is 11.5 Å². The molecule has 1 aromatic rings. The Labute approximate surface area is 92.4 Å². The topological polar surface area (TPSA) is 61.6 Å². The fourth-order valence-electron chi connectivity index (χ4n) is 1.61. The summed E-state index contributed by atoms with van der Waals surface area (Å²) in [6, 6.07) is 3.06. The fraction of sp³-hybridized carbons (Fsp3) is 0.273. The van der Waals surface area contributed by atoms with E-state index in [-0.39, 0.29) is 5.69 Å². The van der Waals surface area contributed by atoms with E-state index in [4.69, 9.17) is 9.47 Å². The van der Waals surface area contributed by atoms with E-state index in [1.807, 2.05) is 0 Å². The van der Waals surface area contributed by atoms with E-state index >= 15 is 0 Å². The Morgan fingerprint density at radius 1 is 1.38 bits per heavy atom. The summed E-state index contributed by atoms with van der Waals surface area (Å²) in [5.74, 6) is 1.000. The van der Waals surface area contributed by atoms with E-state index in [1.54, 1.807) is 12.1 Å². The third-order valence-electron chi connectivity index (χ3n) is 2.30. The van der Waals surface area contributed by atoms with E-state index < -0.39 is 4.92 Å². The van der Waals surface area contributed by atoms with Gasteiger partial charge in [0, 0.05) is 5.56 Å². The minimum absolute atomic E-state index is 0.0455. The lowest BCUT2D eigenvalue weighted by Gasteiger charge is -2.18. The van der Waals surface area contributed by atoms with Crippen molar-refractivity contribution < 1.29 is 14.4 Å². The van der Waals surface area contributed by atoms with Gasteiger partial charge in [0.1, 0.15) is 13.2 Å². The second kappa shape index (κ2) is 4.22. The maximum atomic E-state index is 10.9. The number of hydrogen-bond acceptors (Lipinski definition) is 4. The number of ether oxygens (including phenoxy) is 2. The first kappa shape index (κ1) is 10.5. The van der Waals surface area contributed by atoms with Crippen molar-refractivity contribution in [2.75, 3.05) is 13.2 Å². The predicted molar refractivity (Wildman–Crippen MR) is 58.0 cm³/mol. The molecule has 0 N–H and O–H groups in total. The SMILES string of the molecule is C=CCc1cc2c(cc1[N+](=O)[O-])OCCO2. The molecule has 0 aromatic heterocycles. The molecule has 0 saturated heterocycles. The first-order valence-electron chi connectivity index (χ1n) is 4.90. The second-order valence-electron chi connectivity index (χ2n) is 3.37. The number of nitro benzene ring substituents is 1. The standard InChI is InChI=1S/C11H11NO4/c1-2-3-8-6-10-11(16-5-4-15-10)7-9(8)12(13)14/h2,6-7H,1,3-5H2. The van der Waals surface area contributed by atoms with Crippen molar-refractivity contribution >= 4 is 5.69 Å². The van der Waals surface area contributed by atoms with Gasteiger partial charge >= 0.3 is 0 Å². The third kappa shape index (κ3) is 1.84. The number of rotatable bonds is 3. The normalized spacial score (nSPS) is 13.2. The number of allylic oxidation sites excluding steroid dienone is 1. The minimum Gasteiger partial charge on any atom is -0.486 e. The summed E-state index contributed by atoms with van der Waals surface area (Å²) in [4.78, 5) is 10.4. The monoisotopic (exact) mass is 221 g/mol. The lowest BCUT2D eigenvalue weighted by molar-refractivity contribution is -0.385. The Kier molecular flexibility index (Phi) is 2.76. The second-order valence-corrected chi connectivity index (χ2v) is 3.37. The van der Waals surface area contributed by atoms with Crippen LogP contribution in [0, 0.1) is 10.1 Å². The average molecular weight is 221 g/mol. The first-order chi connectivity index (χ1) is 7.72. The molecule has 0 atom stereocenters. The van der Waals surface area contributed by atoms with E-state index in [2.05, 4.69) is 6.58 Å². The molecule has 0 aliphatic carbocycles. The molecule has 0 spiro atoms. The third-order valence-corrected chi connectivity index (χ3v) is 2.30. The van der Waals surface area contributed by atoms with E-state index in [0.29, 0.717) is 36.7 Å². The Morgan fingerprint density at radius 2 is 2.00 bits per heavy atom. The first-order valence-corrected chi connectivity index (χ1v) is 4.90. The van der Waals surface area contributed by atoms with Crippen LogP contribution in [0.1, 0.15) is 5.56 Å². The number of nitro groups is 1. The summed E-state index contributed by atoms with van der Waals surface area (Å²) in [6.07, 6.45) is 2.06. The van der Waals surface area contributed by atoms with Crippen molar-refractivity contribution in [1.29, 1.82) is 0 Å². The molecule has 0 unspecified atom stereocenters. The van der Waals surface area contributed by atoms with Gasteiger partial charge < -0.3 is 9.47 Å². The largest absolute Gasteiger partial charge is 0.486 e. The summed E-state index contributed by atoms with van der Waals surface area (Å²) in [5, 5.41) is 10.9. The molecule has 5 nitrogen and oxygen atoms in total. The van der Waals surface area contributed by atoms with Crippen LogP contribution in [0.2, 0.25) is 0 Å². The molecule has 0 fully saturated rings. The van der Waals surface area contributed by atoms with E-state index in [0.717, 1.165) is 0 Å². The molecule has 0 radical (unpaired) electrons. The Balaban J connectivity index is 2.49. The highest BCUT2D eigenvalue weighted by molar-refractivity contribution is 5.55. The number of fused-ring (bicyclic) bond motifs is 1. The van der Waals surface area contributed by atoms with Crippen LogP contribution in [0.25, 0.3) is 0 Å². The van der Waals surface area contributed by atoms with Crippen LogP contribution < -0.4 is 9.47 Å². The van der Waals surface area contributed by atoms with Crippen molar-refractivity contribution in [2.24, 2.45) is 0 Å². The molecule has 0 amide bonds. The Morgan fingerprint density at radius 3 is 2.56 bits per heavy atom. The Bertz CT molecular complexity index is 442. The van der Waals surface area contributed by atoms with Gasteiger partial charge in [-0.05, 0) is 12.5 Å². The smallest absolute Gasteiger partial charge is 0.276 e. The highest BCUT2D eigenvalue weighted by atomic mass is 16.6. The molecule has 1 aliphatic rings. The average Bonchev–Trinajstić information content (AvgIpc) is 2.28. The van der Waals surface area contributed by atoms with Gasteiger partial charge in [0.25, 0.3) is 5.69 Å². The van der Waals surface area contributed by atoms with E-state index in [9.17, 15) is 10.1 Å². The summed E-state index contributed by atoms with van der Waals surface area (Å²) >= 11 is 0. The van der Waals surface area contributed by atoms with Gasteiger partial charge in [0.05, 0.1) is 11.0 Å². The maximum Gasteiger partial charge on any atom is 0.276 e. The predicted octanol–water partition coefficient (Wildman–Crippen LogP) is 2.09. The van der Waals surface area contributed by atoms with Crippen LogP contribution in [-0.4, -0.2) is 18.1 Å². The molecule has 1 heterocycles. The van der Waals surface area contributed by atoms with Gasteiger partial charge in [-0.3, -0.25) is 10.1 Å². The van der Waals surface area contributed by atoms with Gasteiger partial charge in [0.2, 0.25) is 0 Å². The van der Waals surface area contributed by atoms with Gasteiger partial charge in [-0.2, -0.15) is 0 Å². The molecule has 84 valence electrons. The van der Waals surface area contributed by atoms with Crippen LogP contribution in [0.3, 0.4) is 0 Å². The quantitative estimate of drug-likeness (QED) is 0.445. The zero-order valence-electron chi connectivity index (χ0n) is 8.64. The van der Waals surface area contributed by atoms with Crippen molar-refractivity contribution in [3.05, 3.63) is 40.5 Å². The van der Waals surface area contributed by atoms with Crippen molar-refractivity contribution in [2.45, 2.75) is 6.42 Å². The van der Waals surface area contributed by atoms with Gasteiger partial charge in [-0.25, -0.2) is 0 Å². The highest BCUT2D eigenvalue weighted by Gasteiger charge is 2.21. The highest BCUT2D eigenvalue weighted by Crippen LogP contribution is 2.36. The molecule has 0 saturated carbocycles. The Hall–Kier alpha value is -2.04. The minimum atomic E-state index is -0.420. The van der Waals surface area contributed by atoms with Crippen LogP contribution >= 0.6 is 0 Å². The molecule has 2 rings (SSSR count). The van der Waals surface area contributed by atoms with Gasteiger partial charge in [-0.15, -0.1) is 6.58 Å². The molecule has 1 aliphatic heterocycles. The lowest BCUT2D eigenvalue weighted by atomic mass is 10.1. The molecule has 16 heavy (non-hydrogen) atoms. The summed E-state index contributed by atoms with van der Waals surface area (Å²) in [7, 11) is 0. The molecular formula is C11H11NO4. The fourth-order valence-corrected chi connectivity index (χ4v) is 1.61. The van der Waals surface area contributed by atoms with Crippen LogP contribution in [0.5, 0.6) is 11.5 Å². The molecule has 5 heteroatoms. The summed E-state index contributed by atoms with van der Waals surface area (Å²) < 4.78 is 10.7. The summed E-state index contributed by atoms with van der Waals surface area (Å²) in [6.45, 7) is 4.47. The number of hydrogen-bond donors (Lipinski definition) is 0. The molecular weight excluding hydrogens is 210 g/mol. The van der Waals surface area contributed by atoms with Gasteiger partial charge in [-0.1, -0.05) is 6.08 Å². The van der Waals surface area contributed by atoms with Crippen molar-refractivity contribution in [3.63, 3.8) is 0 Å². The van der Waals surface area contributed by atoms with Crippen LogP contribution in [0.4, 0.5) is 5.69 Å². The number of benzene rings is 1. The van der Waals surface area contributed by atoms with Crippen molar-refractivity contribution in [3.8, 4) is 11.5 Å². The van der Waals surface area contributed by atoms with Crippen LogP contribution in [0.15, 0.2) is 24.8 Å². The molecule has 1 aromatic carbocycles. The zero-order valence-corrected chi connectivity index (χ0v) is 8.64. The summed E-state index contributed by atoms with van der Waals surface area (Å²) in [5.41, 5.74) is 0.633. The van der Waals surface area contributed by atoms with Crippen LogP contribution in [-0.2, 0) is 6.42 Å². The number of nitrogens with zero attached hydrogens (tertiary/aromatic N) is 1.